The van der Waals surface area contributed by atoms with E-state index in [4.69, 9.17) is 5.11 Å². The van der Waals surface area contributed by atoms with Gasteiger partial charge < -0.3 is 20.0 Å². The zero-order chi connectivity index (χ0) is 12.6. The summed E-state index contributed by atoms with van der Waals surface area (Å²) in [4.78, 5) is 26.0. The van der Waals surface area contributed by atoms with Gasteiger partial charge >= 0.3 is 12.0 Å². The molecule has 0 spiro atoms. The molecule has 1 aliphatic heterocycles. The first-order valence-corrected chi connectivity index (χ1v) is 5.95. The number of urea groups is 1. The van der Waals surface area contributed by atoms with Gasteiger partial charge in [0.15, 0.2) is 0 Å². The van der Waals surface area contributed by atoms with Crippen LogP contribution in [0.5, 0.6) is 0 Å². The third-order valence-corrected chi connectivity index (χ3v) is 3.73. The molecular formula is C11H18N2O4. The molecule has 0 radical (unpaired) electrons. The molecule has 2 fully saturated rings. The molecule has 96 valence electrons. The van der Waals surface area contributed by atoms with Crippen LogP contribution >= 0.6 is 0 Å². The summed E-state index contributed by atoms with van der Waals surface area (Å²) in [6, 6.07) is -0.937. The van der Waals surface area contributed by atoms with Crippen LogP contribution in [-0.2, 0) is 4.79 Å². The fourth-order valence-electron chi connectivity index (χ4n) is 2.39. The van der Waals surface area contributed by atoms with Gasteiger partial charge in [0.2, 0.25) is 0 Å². The van der Waals surface area contributed by atoms with Crippen LogP contribution in [-0.4, -0.2) is 63.8 Å². The lowest BCUT2D eigenvalue weighted by molar-refractivity contribution is -0.141. The predicted octanol–water partition coefficient (Wildman–Crippen LogP) is 0.110. The van der Waals surface area contributed by atoms with E-state index in [1.54, 1.807) is 11.9 Å². The molecule has 6 nitrogen and oxygen atoms in total. The van der Waals surface area contributed by atoms with E-state index in [1.807, 2.05) is 0 Å². The number of nitrogens with zero attached hydrogens (tertiary/aromatic N) is 2. The van der Waals surface area contributed by atoms with Gasteiger partial charge in [-0.3, -0.25) is 0 Å². The van der Waals surface area contributed by atoms with Gasteiger partial charge in [-0.25, -0.2) is 9.59 Å². The summed E-state index contributed by atoms with van der Waals surface area (Å²) < 4.78 is 0. The molecule has 2 amide bonds. The molecule has 2 atom stereocenters. The molecule has 2 N–H and O–H groups in total. The third kappa shape index (κ3) is 2.22. The highest BCUT2D eigenvalue weighted by molar-refractivity contribution is 5.83. The maximum Gasteiger partial charge on any atom is 0.326 e. The summed E-state index contributed by atoms with van der Waals surface area (Å²) >= 11 is 0. The molecule has 0 aromatic rings. The van der Waals surface area contributed by atoms with Gasteiger partial charge in [0.05, 0.1) is 6.10 Å². The molecule has 0 aromatic heterocycles. The summed E-state index contributed by atoms with van der Waals surface area (Å²) in [6.07, 6.45) is 2.48. The largest absolute Gasteiger partial charge is 0.480 e. The van der Waals surface area contributed by atoms with Gasteiger partial charge in [-0.2, -0.15) is 0 Å². The number of aliphatic hydroxyl groups is 1. The minimum Gasteiger partial charge on any atom is -0.480 e. The highest BCUT2D eigenvalue weighted by Crippen LogP contribution is 2.27. The maximum absolute atomic E-state index is 12.1. The fraction of sp³-hybridized carbons (Fsp3) is 0.818. The normalized spacial score (nSPS) is 28.9. The Kier molecular flexibility index (Phi) is 3.24. The van der Waals surface area contributed by atoms with E-state index in [2.05, 4.69) is 0 Å². The SMILES string of the molecule is CN(C(=O)N1C[C@@H](O)C[C@H]1C(=O)O)C1CCC1. The number of likely N-dealkylation sites (tertiary alicyclic amines) is 1. The highest BCUT2D eigenvalue weighted by atomic mass is 16.4. The first-order chi connectivity index (χ1) is 8.00. The Morgan fingerprint density at radius 3 is 2.47 bits per heavy atom. The van der Waals surface area contributed by atoms with Gasteiger partial charge in [0, 0.05) is 26.1 Å². The minimum atomic E-state index is -1.04. The number of aliphatic hydroxyl groups excluding tert-OH is 1. The number of carbonyl (C=O) groups excluding carboxylic acids is 1. The second-order valence-corrected chi connectivity index (χ2v) is 4.87. The molecule has 2 rings (SSSR count). The fourth-order valence-corrected chi connectivity index (χ4v) is 2.39. The van der Waals surface area contributed by atoms with Gasteiger partial charge in [-0.15, -0.1) is 0 Å². The van der Waals surface area contributed by atoms with Crippen molar-refractivity contribution in [1.29, 1.82) is 0 Å². The molecular weight excluding hydrogens is 224 g/mol. The molecule has 1 saturated heterocycles. The van der Waals surface area contributed by atoms with Crippen LogP contribution in [0.2, 0.25) is 0 Å². The zero-order valence-corrected chi connectivity index (χ0v) is 9.87. The van der Waals surface area contributed by atoms with Crippen LogP contribution in [0.4, 0.5) is 4.79 Å². The average Bonchev–Trinajstić information content (AvgIpc) is 2.56. The molecule has 6 heteroatoms. The van der Waals surface area contributed by atoms with Gasteiger partial charge in [0.1, 0.15) is 6.04 Å². The zero-order valence-electron chi connectivity index (χ0n) is 9.87. The monoisotopic (exact) mass is 242 g/mol. The number of carbonyl (C=O) groups is 2. The van der Waals surface area contributed by atoms with Crippen LogP contribution in [0, 0.1) is 0 Å². The van der Waals surface area contributed by atoms with Crippen molar-refractivity contribution in [3.05, 3.63) is 0 Å². The van der Waals surface area contributed by atoms with Crippen molar-refractivity contribution in [3.8, 4) is 0 Å². The second-order valence-electron chi connectivity index (χ2n) is 4.87. The Morgan fingerprint density at radius 1 is 1.35 bits per heavy atom. The first kappa shape index (κ1) is 12.2. The number of carboxylic acids is 1. The third-order valence-electron chi connectivity index (χ3n) is 3.73. The van der Waals surface area contributed by atoms with Crippen LogP contribution < -0.4 is 0 Å². The van der Waals surface area contributed by atoms with Crippen molar-refractivity contribution in [2.24, 2.45) is 0 Å². The summed E-state index contributed by atoms with van der Waals surface area (Å²) in [5, 5.41) is 18.5. The molecule has 0 aromatic carbocycles. The van der Waals surface area contributed by atoms with E-state index < -0.39 is 18.1 Å². The van der Waals surface area contributed by atoms with Gasteiger partial charge in [-0.1, -0.05) is 0 Å². The second kappa shape index (κ2) is 4.52. The number of amides is 2. The lowest BCUT2D eigenvalue weighted by atomic mass is 9.92. The number of carboxylic acid groups (broad SMARTS) is 1. The molecule has 1 heterocycles. The summed E-state index contributed by atoms with van der Waals surface area (Å²) in [5.41, 5.74) is 0. The van der Waals surface area contributed by atoms with Crippen LogP contribution in [0.15, 0.2) is 0 Å². The topological polar surface area (TPSA) is 81.1 Å². The molecule has 1 aliphatic carbocycles. The van der Waals surface area contributed by atoms with E-state index in [0.29, 0.717) is 0 Å². The first-order valence-electron chi connectivity index (χ1n) is 5.95. The number of β-amino-alcohol motifs (C(OH)–C–C–N with tert-alkyl or cyclic N) is 1. The number of hydrogen-bond donors (Lipinski definition) is 2. The van der Waals surface area contributed by atoms with Crippen LogP contribution in [0.1, 0.15) is 25.7 Å². The standard InChI is InChI=1S/C11H18N2O4/c1-12(7-3-2-4-7)11(17)13-6-8(14)5-9(13)10(15)16/h7-9,14H,2-6H2,1H3,(H,15,16)/t8-,9-/m0/s1. The lowest BCUT2D eigenvalue weighted by Crippen LogP contribution is -2.51. The number of aliphatic carboxylic acids is 1. The molecule has 17 heavy (non-hydrogen) atoms. The van der Waals surface area contributed by atoms with Crippen LogP contribution in [0.3, 0.4) is 0 Å². The van der Waals surface area contributed by atoms with Crippen molar-refractivity contribution in [1.82, 2.24) is 9.80 Å². The summed E-state index contributed by atoms with van der Waals surface area (Å²) in [5.74, 6) is -1.04. The average molecular weight is 242 g/mol. The number of rotatable bonds is 2. The Bertz CT molecular complexity index is 329. The van der Waals surface area contributed by atoms with E-state index in [1.165, 1.54) is 4.90 Å². The smallest absolute Gasteiger partial charge is 0.326 e. The van der Waals surface area contributed by atoms with Crippen LogP contribution in [0.25, 0.3) is 0 Å². The highest BCUT2D eigenvalue weighted by Gasteiger charge is 2.41. The minimum absolute atomic E-state index is 0.118. The van der Waals surface area contributed by atoms with Gasteiger partial charge in [0.25, 0.3) is 0 Å². The molecule has 2 aliphatic rings. The Morgan fingerprint density at radius 2 is 2.00 bits per heavy atom. The van der Waals surface area contributed by atoms with Gasteiger partial charge in [-0.05, 0) is 19.3 Å². The summed E-state index contributed by atoms with van der Waals surface area (Å²) in [6.45, 7) is 0.118. The van der Waals surface area contributed by atoms with E-state index >= 15 is 0 Å². The van der Waals surface area contributed by atoms with E-state index in [0.717, 1.165) is 19.3 Å². The Balaban J connectivity index is 2.04. The van der Waals surface area contributed by atoms with Crippen molar-refractivity contribution in [2.75, 3.05) is 13.6 Å². The summed E-state index contributed by atoms with van der Waals surface area (Å²) in [7, 11) is 1.70. The Labute approximate surface area is 99.8 Å². The van der Waals surface area contributed by atoms with Crippen molar-refractivity contribution >= 4 is 12.0 Å². The predicted molar refractivity (Wildman–Crippen MR) is 59.6 cm³/mol. The van der Waals surface area contributed by atoms with E-state index in [9.17, 15) is 14.7 Å². The number of hydrogen-bond acceptors (Lipinski definition) is 3. The maximum atomic E-state index is 12.1. The Hall–Kier alpha value is -1.30. The van der Waals surface area contributed by atoms with E-state index in [-0.39, 0.29) is 25.0 Å². The molecule has 0 unspecified atom stereocenters. The quantitative estimate of drug-likeness (QED) is 0.720. The van der Waals surface area contributed by atoms with Crippen molar-refractivity contribution in [3.63, 3.8) is 0 Å². The lowest BCUT2D eigenvalue weighted by Gasteiger charge is -2.37. The molecule has 1 saturated carbocycles. The van der Waals surface area contributed by atoms with Crippen molar-refractivity contribution < 1.29 is 19.8 Å². The molecule has 0 bridgehead atoms. The van der Waals surface area contributed by atoms with Crippen molar-refractivity contribution in [2.45, 2.75) is 43.9 Å².